The first-order valence-electron chi connectivity index (χ1n) is 4.49. The van der Waals surface area contributed by atoms with Crippen LogP contribution in [0.3, 0.4) is 0 Å². The third-order valence-electron chi connectivity index (χ3n) is 2.42. The minimum Gasteiger partial charge on any atom is -0.314 e. The van der Waals surface area contributed by atoms with E-state index in [0.717, 1.165) is 0 Å². The van der Waals surface area contributed by atoms with E-state index in [9.17, 15) is 4.39 Å². The molecule has 0 saturated heterocycles. The van der Waals surface area contributed by atoms with Crippen LogP contribution in [-0.4, -0.2) is 18.7 Å². The van der Waals surface area contributed by atoms with E-state index in [1.54, 1.807) is 12.1 Å². The highest BCUT2D eigenvalue weighted by Crippen LogP contribution is 2.22. The molecule has 2 unspecified atom stereocenters. The van der Waals surface area contributed by atoms with E-state index in [1.807, 2.05) is 0 Å². The summed E-state index contributed by atoms with van der Waals surface area (Å²) in [6.45, 7) is 0. The molecule has 15 heavy (non-hydrogen) atoms. The van der Waals surface area contributed by atoms with Crippen LogP contribution in [0.25, 0.3) is 0 Å². The molecule has 0 amide bonds. The molecule has 2 rings (SSSR count). The molecule has 0 aromatic heterocycles. The van der Waals surface area contributed by atoms with Gasteiger partial charge in [-0.15, -0.1) is 0 Å². The summed E-state index contributed by atoms with van der Waals surface area (Å²) < 4.78 is 12.7. The number of rotatable bonds is 1. The Kier molecular flexibility index (Phi) is 2.34. The van der Waals surface area contributed by atoms with Gasteiger partial charge in [-0.3, -0.25) is 4.99 Å². The van der Waals surface area contributed by atoms with Crippen LogP contribution in [0.4, 0.5) is 4.39 Å². The van der Waals surface area contributed by atoms with Crippen molar-refractivity contribution in [3.05, 3.63) is 35.6 Å². The summed E-state index contributed by atoms with van der Waals surface area (Å²) >= 11 is 0. The van der Waals surface area contributed by atoms with Gasteiger partial charge in [-0.05, 0) is 17.7 Å². The maximum atomic E-state index is 12.7. The van der Waals surface area contributed by atoms with Gasteiger partial charge in [0.05, 0.1) is 0 Å². The first kappa shape index (κ1) is 9.95. The van der Waals surface area contributed by atoms with E-state index in [1.165, 1.54) is 24.7 Å². The van der Waals surface area contributed by atoms with Gasteiger partial charge in [0.15, 0.2) is 0 Å². The topological polar surface area (TPSA) is 76.8 Å². The fourth-order valence-corrected chi connectivity index (χ4v) is 1.45. The fraction of sp³-hybridized carbons (Fsp3) is 0.200. The van der Waals surface area contributed by atoms with E-state index in [-0.39, 0.29) is 5.82 Å². The molecule has 0 aliphatic carbocycles. The van der Waals surface area contributed by atoms with Crippen molar-refractivity contribution >= 4 is 12.6 Å². The molecule has 1 aliphatic rings. The standard InChI is InChI=1S/C10H11FN4/c11-8-3-1-7(2-4-8)10(13)5-14-6-15-9(10)12/h1-6,9H,12-13H2. The van der Waals surface area contributed by atoms with Crippen molar-refractivity contribution < 1.29 is 4.39 Å². The quantitative estimate of drug-likeness (QED) is 0.696. The lowest BCUT2D eigenvalue weighted by Crippen LogP contribution is -2.54. The van der Waals surface area contributed by atoms with Crippen LogP contribution in [0, 0.1) is 5.82 Å². The van der Waals surface area contributed by atoms with Gasteiger partial charge in [-0.2, -0.15) is 0 Å². The summed E-state index contributed by atoms with van der Waals surface area (Å²) in [5.41, 5.74) is 11.6. The third-order valence-corrected chi connectivity index (χ3v) is 2.42. The normalized spacial score (nSPS) is 29.4. The minimum atomic E-state index is -0.956. The van der Waals surface area contributed by atoms with Crippen LogP contribution in [0.1, 0.15) is 5.56 Å². The van der Waals surface area contributed by atoms with E-state index < -0.39 is 11.7 Å². The fourth-order valence-electron chi connectivity index (χ4n) is 1.45. The number of nitrogens with two attached hydrogens (primary N) is 2. The zero-order valence-corrected chi connectivity index (χ0v) is 7.97. The van der Waals surface area contributed by atoms with Crippen molar-refractivity contribution in [2.24, 2.45) is 21.5 Å². The second-order valence-corrected chi connectivity index (χ2v) is 3.43. The third kappa shape index (κ3) is 1.67. The lowest BCUT2D eigenvalue weighted by Gasteiger charge is -2.30. The summed E-state index contributed by atoms with van der Waals surface area (Å²) in [6, 6.07) is 5.84. The van der Waals surface area contributed by atoms with Gasteiger partial charge in [-0.25, -0.2) is 9.38 Å². The van der Waals surface area contributed by atoms with Crippen LogP contribution in [-0.2, 0) is 5.54 Å². The molecular formula is C10H11FN4. The molecule has 0 fully saturated rings. The van der Waals surface area contributed by atoms with Crippen molar-refractivity contribution in [1.82, 2.24) is 0 Å². The molecule has 0 saturated carbocycles. The Bertz CT molecular complexity index is 412. The maximum absolute atomic E-state index is 12.7. The van der Waals surface area contributed by atoms with Crippen LogP contribution < -0.4 is 11.5 Å². The molecule has 2 atom stereocenters. The summed E-state index contributed by atoms with van der Waals surface area (Å²) in [6.07, 6.45) is 2.29. The zero-order chi connectivity index (χ0) is 10.9. The Labute approximate surface area is 86.5 Å². The highest BCUT2D eigenvalue weighted by atomic mass is 19.1. The predicted molar refractivity (Wildman–Crippen MR) is 57.2 cm³/mol. The monoisotopic (exact) mass is 206 g/mol. The van der Waals surface area contributed by atoms with Crippen LogP contribution in [0.15, 0.2) is 34.3 Å². The molecule has 0 radical (unpaired) electrons. The average Bonchev–Trinajstić information content (AvgIpc) is 2.23. The molecule has 5 heteroatoms. The second-order valence-electron chi connectivity index (χ2n) is 3.43. The molecule has 4 nitrogen and oxygen atoms in total. The number of hydrogen-bond acceptors (Lipinski definition) is 4. The van der Waals surface area contributed by atoms with Gasteiger partial charge < -0.3 is 11.5 Å². The summed E-state index contributed by atoms with van der Waals surface area (Å²) in [7, 11) is 0. The number of nitrogens with zero attached hydrogens (tertiary/aromatic N) is 2. The molecule has 78 valence electrons. The van der Waals surface area contributed by atoms with Crippen LogP contribution in [0.2, 0.25) is 0 Å². The van der Waals surface area contributed by atoms with Crippen molar-refractivity contribution in [2.45, 2.75) is 11.7 Å². The van der Waals surface area contributed by atoms with Gasteiger partial charge in [0, 0.05) is 6.21 Å². The molecule has 4 N–H and O–H groups in total. The molecule has 1 heterocycles. The van der Waals surface area contributed by atoms with E-state index in [2.05, 4.69) is 9.98 Å². The molecule has 0 spiro atoms. The largest absolute Gasteiger partial charge is 0.314 e. The maximum Gasteiger partial charge on any atom is 0.126 e. The van der Waals surface area contributed by atoms with Crippen LogP contribution in [0.5, 0.6) is 0 Å². The number of hydrogen-bond donors (Lipinski definition) is 2. The Morgan fingerprint density at radius 2 is 1.93 bits per heavy atom. The molecule has 1 aliphatic heterocycles. The van der Waals surface area contributed by atoms with Gasteiger partial charge in [0.25, 0.3) is 0 Å². The number of benzene rings is 1. The predicted octanol–water partition coefficient (Wildman–Crippen LogP) is 0.377. The summed E-state index contributed by atoms with van der Waals surface area (Å²) in [5.74, 6) is -0.313. The highest BCUT2D eigenvalue weighted by Gasteiger charge is 2.34. The SMILES string of the molecule is NC1N=CN=CC1(N)c1ccc(F)cc1. The lowest BCUT2D eigenvalue weighted by atomic mass is 9.89. The molecule has 0 bridgehead atoms. The second kappa shape index (κ2) is 3.52. The van der Waals surface area contributed by atoms with E-state index >= 15 is 0 Å². The van der Waals surface area contributed by atoms with Gasteiger partial charge >= 0.3 is 0 Å². The highest BCUT2D eigenvalue weighted by molar-refractivity contribution is 5.83. The van der Waals surface area contributed by atoms with Crippen molar-refractivity contribution in [1.29, 1.82) is 0 Å². The Hall–Kier alpha value is -1.59. The van der Waals surface area contributed by atoms with Crippen LogP contribution >= 0.6 is 0 Å². The van der Waals surface area contributed by atoms with E-state index in [0.29, 0.717) is 5.56 Å². The van der Waals surface area contributed by atoms with Gasteiger partial charge in [0.2, 0.25) is 0 Å². The summed E-state index contributed by atoms with van der Waals surface area (Å²) in [5, 5.41) is 0. The average molecular weight is 206 g/mol. The van der Waals surface area contributed by atoms with Gasteiger partial charge in [0.1, 0.15) is 23.9 Å². The minimum absolute atomic E-state index is 0.313. The zero-order valence-electron chi connectivity index (χ0n) is 7.97. The number of aliphatic imine (C=N–C) groups is 2. The molecule has 1 aromatic carbocycles. The van der Waals surface area contributed by atoms with Gasteiger partial charge in [-0.1, -0.05) is 12.1 Å². The van der Waals surface area contributed by atoms with Crippen molar-refractivity contribution in [3.63, 3.8) is 0 Å². The van der Waals surface area contributed by atoms with Crippen molar-refractivity contribution in [3.8, 4) is 0 Å². The first-order valence-corrected chi connectivity index (χ1v) is 4.49. The smallest absolute Gasteiger partial charge is 0.126 e. The van der Waals surface area contributed by atoms with E-state index in [4.69, 9.17) is 11.5 Å². The Morgan fingerprint density at radius 3 is 2.53 bits per heavy atom. The first-order chi connectivity index (χ1) is 7.13. The molecular weight excluding hydrogens is 195 g/mol. The Morgan fingerprint density at radius 1 is 1.27 bits per heavy atom. The number of halogens is 1. The van der Waals surface area contributed by atoms with Crippen molar-refractivity contribution in [2.75, 3.05) is 0 Å². The summed E-state index contributed by atoms with van der Waals surface area (Å²) in [4.78, 5) is 7.78. The lowest BCUT2D eigenvalue weighted by molar-refractivity contribution is 0.484. The molecule has 1 aromatic rings. The Balaban J connectivity index is 2.41.